The van der Waals surface area contributed by atoms with Gasteiger partial charge < -0.3 is 5.73 Å². The van der Waals surface area contributed by atoms with E-state index in [0.29, 0.717) is 5.69 Å². The minimum absolute atomic E-state index is 0.199. The molecule has 17 heavy (non-hydrogen) atoms. The fourth-order valence-electron chi connectivity index (χ4n) is 1.44. The summed E-state index contributed by atoms with van der Waals surface area (Å²) < 4.78 is 0. The summed E-state index contributed by atoms with van der Waals surface area (Å²) in [6.07, 6.45) is 1.59. The van der Waals surface area contributed by atoms with Crippen LogP contribution in [0.15, 0.2) is 36.5 Å². The third-order valence-corrected chi connectivity index (χ3v) is 2.13. The topological polar surface area (TPSA) is 80.9 Å². The Hall–Kier alpha value is -2.43. The van der Waals surface area contributed by atoms with Gasteiger partial charge in [0.2, 0.25) is 11.9 Å². The molecular formula is C12H12N4O. The predicted octanol–water partition coefficient (Wildman–Crippen LogP) is 1.68. The van der Waals surface area contributed by atoms with Crippen LogP contribution in [0.3, 0.4) is 0 Å². The zero-order chi connectivity index (χ0) is 12.3. The number of amides is 1. The lowest BCUT2D eigenvalue weighted by Crippen LogP contribution is -2.09. The average Bonchev–Trinajstić information content (AvgIpc) is 2.28. The Balaban J connectivity index is 2.36. The number of hydrogen-bond donors (Lipinski definition) is 2. The smallest absolute Gasteiger partial charge is 0.229 e. The molecule has 2 aromatic rings. The number of hydrogen-bond acceptors (Lipinski definition) is 4. The summed E-state index contributed by atoms with van der Waals surface area (Å²) >= 11 is 0. The molecule has 5 nitrogen and oxygen atoms in total. The Labute approximate surface area is 98.7 Å². The van der Waals surface area contributed by atoms with E-state index in [4.69, 9.17) is 5.73 Å². The van der Waals surface area contributed by atoms with Gasteiger partial charge in [-0.25, -0.2) is 9.97 Å². The lowest BCUT2D eigenvalue weighted by Gasteiger charge is -2.04. The van der Waals surface area contributed by atoms with Crippen LogP contribution >= 0.6 is 0 Å². The highest BCUT2D eigenvalue weighted by Gasteiger charge is 2.03. The Bertz CT molecular complexity index is 554. The molecule has 2 rings (SSSR count). The lowest BCUT2D eigenvalue weighted by molar-refractivity contribution is -0.114. The van der Waals surface area contributed by atoms with Crippen molar-refractivity contribution in [3.05, 3.63) is 36.5 Å². The van der Waals surface area contributed by atoms with Gasteiger partial charge in [0, 0.05) is 24.4 Å². The van der Waals surface area contributed by atoms with Crippen LogP contribution in [-0.2, 0) is 4.79 Å². The third kappa shape index (κ3) is 2.78. The Morgan fingerprint density at radius 3 is 2.88 bits per heavy atom. The first-order valence-corrected chi connectivity index (χ1v) is 5.12. The Morgan fingerprint density at radius 1 is 1.35 bits per heavy atom. The van der Waals surface area contributed by atoms with Crippen molar-refractivity contribution in [3.63, 3.8) is 0 Å². The normalized spacial score (nSPS) is 9.94. The van der Waals surface area contributed by atoms with Crippen molar-refractivity contribution in [2.24, 2.45) is 0 Å². The first-order valence-electron chi connectivity index (χ1n) is 5.12. The van der Waals surface area contributed by atoms with Gasteiger partial charge in [-0.2, -0.15) is 0 Å². The third-order valence-electron chi connectivity index (χ3n) is 2.13. The first kappa shape index (κ1) is 11.1. The number of nitrogens with one attached hydrogen (secondary N) is 1. The molecule has 1 aromatic heterocycles. The molecule has 0 unspecified atom stereocenters. The molecule has 0 aliphatic rings. The Morgan fingerprint density at radius 2 is 2.18 bits per heavy atom. The molecule has 86 valence electrons. The summed E-state index contributed by atoms with van der Waals surface area (Å²) in [7, 11) is 0. The van der Waals surface area contributed by atoms with Crippen LogP contribution in [0.4, 0.5) is 11.6 Å². The van der Waals surface area contributed by atoms with Gasteiger partial charge in [-0.1, -0.05) is 12.1 Å². The van der Waals surface area contributed by atoms with E-state index in [9.17, 15) is 4.79 Å². The van der Waals surface area contributed by atoms with Crippen molar-refractivity contribution in [2.45, 2.75) is 6.92 Å². The molecule has 0 spiro atoms. The van der Waals surface area contributed by atoms with Gasteiger partial charge in [-0.3, -0.25) is 10.1 Å². The van der Waals surface area contributed by atoms with Crippen molar-refractivity contribution in [1.29, 1.82) is 0 Å². The van der Waals surface area contributed by atoms with Gasteiger partial charge in [-0.15, -0.1) is 0 Å². The highest BCUT2D eigenvalue weighted by atomic mass is 16.1. The molecule has 0 bridgehead atoms. The zero-order valence-corrected chi connectivity index (χ0v) is 9.34. The summed E-state index contributed by atoms with van der Waals surface area (Å²) in [6.45, 7) is 1.41. The number of nitrogen functional groups attached to an aromatic ring is 1. The maximum absolute atomic E-state index is 10.9. The van der Waals surface area contributed by atoms with Gasteiger partial charge in [0.25, 0.3) is 0 Å². The number of nitrogens with two attached hydrogens (primary N) is 1. The van der Waals surface area contributed by atoms with Crippen molar-refractivity contribution < 1.29 is 4.79 Å². The molecule has 0 saturated carbocycles. The lowest BCUT2D eigenvalue weighted by atomic mass is 10.1. The average molecular weight is 228 g/mol. The van der Waals surface area contributed by atoms with Crippen LogP contribution in [0, 0.1) is 0 Å². The standard InChI is InChI=1S/C12H12N4O/c1-8(17)15-12-14-6-5-11(16-12)9-3-2-4-10(13)7-9/h2-7H,13H2,1H3,(H,14,15,16,17). The molecule has 0 fully saturated rings. The maximum atomic E-state index is 10.9. The van der Waals surface area contributed by atoms with Crippen LogP contribution < -0.4 is 11.1 Å². The summed E-state index contributed by atoms with van der Waals surface area (Å²) in [4.78, 5) is 19.1. The number of carbonyl (C=O) groups is 1. The number of benzene rings is 1. The van der Waals surface area contributed by atoms with Crippen LogP contribution in [0.25, 0.3) is 11.3 Å². The molecule has 0 saturated heterocycles. The number of anilines is 2. The van der Waals surface area contributed by atoms with Crippen LogP contribution in [-0.4, -0.2) is 15.9 Å². The zero-order valence-electron chi connectivity index (χ0n) is 9.34. The monoisotopic (exact) mass is 228 g/mol. The van der Waals surface area contributed by atoms with Crippen molar-refractivity contribution in [2.75, 3.05) is 11.1 Å². The quantitative estimate of drug-likeness (QED) is 0.766. The molecule has 0 aliphatic carbocycles. The highest BCUT2D eigenvalue weighted by molar-refractivity contribution is 5.86. The first-order chi connectivity index (χ1) is 8.15. The van der Waals surface area contributed by atoms with E-state index in [1.54, 1.807) is 18.3 Å². The largest absolute Gasteiger partial charge is 0.399 e. The summed E-state index contributed by atoms with van der Waals surface area (Å²) in [5.41, 5.74) is 7.98. The second-order valence-electron chi connectivity index (χ2n) is 3.57. The number of rotatable bonds is 2. The molecule has 1 amide bonds. The van der Waals surface area contributed by atoms with Crippen molar-refractivity contribution in [1.82, 2.24) is 9.97 Å². The van der Waals surface area contributed by atoms with Crippen LogP contribution in [0.2, 0.25) is 0 Å². The summed E-state index contributed by atoms with van der Waals surface area (Å²) in [5.74, 6) is 0.0900. The fourth-order valence-corrected chi connectivity index (χ4v) is 1.44. The van der Waals surface area contributed by atoms with Gasteiger partial charge in [0.05, 0.1) is 5.69 Å². The molecule has 1 heterocycles. The molecule has 5 heteroatoms. The van der Waals surface area contributed by atoms with E-state index in [1.165, 1.54) is 6.92 Å². The summed E-state index contributed by atoms with van der Waals surface area (Å²) in [5, 5.41) is 2.54. The Kier molecular flexibility index (Phi) is 3.00. The van der Waals surface area contributed by atoms with Crippen molar-refractivity contribution >= 4 is 17.5 Å². The number of nitrogens with zero attached hydrogens (tertiary/aromatic N) is 2. The highest BCUT2D eigenvalue weighted by Crippen LogP contribution is 2.19. The van der Waals surface area contributed by atoms with Gasteiger partial charge in [-0.05, 0) is 18.2 Å². The minimum atomic E-state index is -0.199. The van der Waals surface area contributed by atoms with Gasteiger partial charge in [0.1, 0.15) is 0 Å². The molecule has 1 aromatic carbocycles. The van der Waals surface area contributed by atoms with Crippen LogP contribution in [0.1, 0.15) is 6.92 Å². The summed E-state index contributed by atoms with van der Waals surface area (Å²) in [6, 6.07) is 9.14. The second kappa shape index (κ2) is 4.61. The van der Waals surface area contributed by atoms with E-state index in [1.807, 2.05) is 18.2 Å². The molecule has 0 radical (unpaired) electrons. The molecule has 0 aliphatic heterocycles. The van der Waals surface area contributed by atoms with E-state index >= 15 is 0 Å². The van der Waals surface area contributed by atoms with E-state index in [-0.39, 0.29) is 11.9 Å². The predicted molar refractivity (Wildman–Crippen MR) is 66.2 cm³/mol. The van der Waals surface area contributed by atoms with Crippen LogP contribution in [0.5, 0.6) is 0 Å². The van der Waals surface area contributed by atoms with Gasteiger partial charge in [0.15, 0.2) is 0 Å². The second-order valence-corrected chi connectivity index (χ2v) is 3.57. The number of carbonyl (C=O) groups excluding carboxylic acids is 1. The molecule has 3 N–H and O–H groups in total. The van der Waals surface area contributed by atoms with E-state index < -0.39 is 0 Å². The molecular weight excluding hydrogens is 216 g/mol. The molecule has 0 atom stereocenters. The fraction of sp³-hybridized carbons (Fsp3) is 0.0833. The minimum Gasteiger partial charge on any atom is -0.399 e. The van der Waals surface area contributed by atoms with Gasteiger partial charge >= 0.3 is 0 Å². The van der Waals surface area contributed by atoms with E-state index in [0.717, 1.165) is 11.3 Å². The van der Waals surface area contributed by atoms with Crippen molar-refractivity contribution in [3.8, 4) is 11.3 Å². The maximum Gasteiger partial charge on any atom is 0.229 e. The van der Waals surface area contributed by atoms with E-state index in [2.05, 4.69) is 15.3 Å². The number of aromatic nitrogens is 2. The SMILES string of the molecule is CC(=O)Nc1nccc(-c2cccc(N)c2)n1.